The largest absolute Gasteiger partial charge is 0.465 e. The van der Waals surface area contributed by atoms with Crippen LogP contribution in [0.4, 0.5) is 18.0 Å². The maximum absolute atomic E-state index is 11.9. The number of carboxylic acid groups (broad SMARTS) is 1. The minimum Gasteiger partial charge on any atom is -0.465 e. The smallest absolute Gasteiger partial charge is 0.404 e. The molecule has 0 aromatic carbocycles. The molecule has 0 aromatic heterocycles. The van der Waals surface area contributed by atoms with Crippen molar-refractivity contribution in [3.05, 3.63) is 0 Å². The molecule has 16 heavy (non-hydrogen) atoms. The number of hydrogen-bond donors (Lipinski definition) is 3. The minimum absolute atomic E-state index is 0.124. The maximum atomic E-state index is 11.9. The Kier molecular flexibility index (Phi) is 4.40. The van der Waals surface area contributed by atoms with Crippen LogP contribution in [0.2, 0.25) is 0 Å². The molecular weight excluding hydrogens is 225 g/mol. The summed E-state index contributed by atoms with van der Waals surface area (Å²) in [6.07, 6.45) is -2.95. The third-order valence-electron chi connectivity index (χ3n) is 2.65. The van der Waals surface area contributed by atoms with E-state index in [1.165, 1.54) is 0 Å². The highest BCUT2D eigenvalue weighted by Gasteiger charge is 2.29. The first-order chi connectivity index (χ1) is 7.37. The zero-order valence-electron chi connectivity index (χ0n) is 8.68. The highest BCUT2D eigenvalue weighted by atomic mass is 19.4. The molecule has 7 heteroatoms. The average molecular weight is 240 g/mol. The van der Waals surface area contributed by atoms with E-state index in [1.807, 2.05) is 0 Å². The Bertz CT molecular complexity index is 237. The summed E-state index contributed by atoms with van der Waals surface area (Å²) in [6, 6.07) is -0.282. The first-order valence-corrected chi connectivity index (χ1v) is 5.16. The summed E-state index contributed by atoms with van der Waals surface area (Å²) >= 11 is 0. The van der Waals surface area contributed by atoms with E-state index in [-0.39, 0.29) is 12.1 Å². The fourth-order valence-corrected chi connectivity index (χ4v) is 1.88. The lowest BCUT2D eigenvalue weighted by Crippen LogP contribution is -2.44. The molecular formula is C9H15F3N2O2. The maximum Gasteiger partial charge on any atom is 0.404 e. The molecule has 4 nitrogen and oxygen atoms in total. The molecule has 3 N–H and O–H groups in total. The van der Waals surface area contributed by atoms with Gasteiger partial charge in [-0.15, -0.1) is 0 Å². The van der Waals surface area contributed by atoms with Gasteiger partial charge in [0.25, 0.3) is 0 Å². The van der Waals surface area contributed by atoms with Crippen LogP contribution in [0.25, 0.3) is 0 Å². The Balaban J connectivity index is 2.19. The number of alkyl halides is 3. The summed E-state index contributed by atoms with van der Waals surface area (Å²) in [6.45, 7) is -0.977. The van der Waals surface area contributed by atoms with Crippen molar-refractivity contribution in [2.45, 2.75) is 43.9 Å². The molecule has 0 aliphatic heterocycles. The molecule has 0 bridgehead atoms. The van der Waals surface area contributed by atoms with E-state index < -0.39 is 18.8 Å². The number of nitrogens with one attached hydrogen (secondary N) is 2. The summed E-state index contributed by atoms with van der Waals surface area (Å²) in [5.74, 6) is 0. The van der Waals surface area contributed by atoms with Crippen molar-refractivity contribution in [3.63, 3.8) is 0 Å². The van der Waals surface area contributed by atoms with Crippen molar-refractivity contribution in [2.75, 3.05) is 6.54 Å². The molecule has 0 radical (unpaired) electrons. The van der Waals surface area contributed by atoms with E-state index in [2.05, 4.69) is 10.6 Å². The summed E-state index contributed by atoms with van der Waals surface area (Å²) in [5.41, 5.74) is 0. The average Bonchev–Trinajstić information content (AvgIpc) is 2.14. The van der Waals surface area contributed by atoms with Crippen LogP contribution in [-0.4, -0.2) is 36.0 Å². The van der Waals surface area contributed by atoms with Crippen molar-refractivity contribution in [1.82, 2.24) is 10.6 Å². The molecule has 94 valence electrons. The van der Waals surface area contributed by atoms with Gasteiger partial charge in [0.2, 0.25) is 0 Å². The summed E-state index contributed by atoms with van der Waals surface area (Å²) in [7, 11) is 0. The molecule has 1 amide bonds. The van der Waals surface area contributed by atoms with Gasteiger partial charge in [-0.1, -0.05) is 0 Å². The van der Waals surface area contributed by atoms with E-state index in [9.17, 15) is 18.0 Å². The highest BCUT2D eigenvalue weighted by Crippen LogP contribution is 2.20. The second-order valence-electron chi connectivity index (χ2n) is 3.99. The van der Waals surface area contributed by atoms with Gasteiger partial charge < -0.3 is 15.7 Å². The van der Waals surface area contributed by atoms with Crippen molar-refractivity contribution >= 4 is 6.09 Å². The fraction of sp³-hybridized carbons (Fsp3) is 0.889. The molecule has 1 aliphatic carbocycles. The standard InChI is InChI=1S/C9H15F3N2O2/c10-9(11,12)5-13-6-1-3-7(4-2-6)14-8(15)16/h6-7,13-14H,1-5H2,(H,15,16)/t6-,7-. The topological polar surface area (TPSA) is 61.4 Å². The normalized spacial score (nSPS) is 26.4. The fourth-order valence-electron chi connectivity index (χ4n) is 1.88. The second-order valence-corrected chi connectivity index (χ2v) is 3.99. The molecule has 1 fully saturated rings. The molecule has 1 saturated carbocycles. The monoisotopic (exact) mass is 240 g/mol. The Morgan fingerprint density at radius 2 is 1.69 bits per heavy atom. The zero-order valence-corrected chi connectivity index (χ0v) is 8.68. The van der Waals surface area contributed by atoms with Crippen LogP contribution in [0.15, 0.2) is 0 Å². The molecule has 0 heterocycles. The van der Waals surface area contributed by atoms with E-state index in [4.69, 9.17) is 5.11 Å². The third-order valence-corrected chi connectivity index (χ3v) is 2.65. The van der Waals surface area contributed by atoms with Gasteiger partial charge in [0.1, 0.15) is 0 Å². The quantitative estimate of drug-likeness (QED) is 0.703. The number of hydrogen-bond acceptors (Lipinski definition) is 2. The van der Waals surface area contributed by atoms with Gasteiger partial charge in [0.05, 0.1) is 6.54 Å². The van der Waals surface area contributed by atoms with Crippen LogP contribution in [0.5, 0.6) is 0 Å². The third kappa shape index (κ3) is 5.20. The SMILES string of the molecule is O=C(O)N[C@H]1CC[C@H](NCC(F)(F)F)CC1. The van der Waals surface area contributed by atoms with Crippen molar-refractivity contribution in [3.8, 4) is 0 Å². The van der Waals surface area contributed by atoms with Gasteiger partial charge in [-0.3, -0.25) is 0 Å². The first kappa shape index (κ1) is 13.1. The molecule has 1 aliphatic rings. The second kappa shape index (κ2) is 5.38. The van der Waals surface area contributed by atoms with E-state index >= 15 is 0 Å². The van der Waals surface area contributed by atoms with Crippen LogP contribution in [-0.2, 0) is 0 Å². The Hall–Kier alpha value is -0.980. The lowest BCUT2D eigenvalue weighted by atomic mass is 9.91. The molecule has 0 saturated heterocycles. The Labute approximate surface area is 91.2 Å². The zero-order chi connectivity index (χ0) is 12.2. The van der Waals surface area contributed by atoms with E-state index in [0.29, 0.717) is 25.7 Å². The van der Waals surface area contributed by atoms with Crippen LogP contribution < -0.4 is 10.6 Å². The lowest BCUT2D eigenvalue weighted by Gasteiger charge is -2.29. The van der Waals surface area contributed by atoms with Gasteiger partial charge in [-0.05, 0) is 25.7 Å². The molecule has 0 unspecified atom stereocenters. The first-order valence-electron chi connectivity index (χ1n) is 5.16. The molecule has 0 aromatic rings. The molecule has 0 spiro atoms. The van der Waals surface area contributed by atoms with Crippen LogP contribution in [0.3, 0.4) is 0 Å². The summed E-state index contributed by atoms with van der Waals surface area (Å²) in [5, 5.41) is 13.2. The number of rotatable bonds is 3. The van der Waals surface area contributed by atoms with Crippen molar-refractivity contribution in [2.24, 2.45) is 0 Å². The Morgan fingerprint density at radius 1 is 1.19 bits per heavy atom. The van der Waals surface area contributed by atoms with E-state index in [1.54, 1.807) is 0 Å². The summed E-state index contributed by atoms with van der Waals surface area (Å²) in [4.78, 5) is 10.3. The molecule has 1 rings (SSSR count). The number of carbonyl (C=O) groups is 1. The van der Waals surface area contributed by atoms with Gasteiger partial charge in [-0.25, -0.2) is 4.79 Å². The van der Waals surface area contributed by atoms with Crippen LogP contribution in [0.1, 0.15) is 25.7 Å². The lowest BCUT2D eigenvalue weighted by molar-refractivity contribution is -0.126. The van der Waals surface area contributed by atoms with Crippen LogP contribution >= 0.6 is 0 Å². The predicted molar refractivity (Wildman–Crippen MR) is 51.3 cm³/mol. The molecule has 0 atom stereocenters. The number of amides is 1. The van der Waals surface area contributed by atoms with Gasteiger partial charge in [-0.2, -0.15) is 13.2 Å². The Morgan fingerprint density at radius 3 is 2.12 bits per heavy atom. The van der Waals surface area contributed by atoms with Gasteiger partial charge in [0.15, 0.2) is 0 Å². The predicted octanol–water partition coefficient (Wildman–Crippen LogP) is 1.72. The van der Waals surface area contributed by atoms with Gasteiger partial charge >= 0.3 is 12.3 Å². The summed E-state index contributed by atoms with van der Waals surface area (Å²) < 4.78 is 35.7. The van der Waals surface area contributed by atoms with Crippen molar-refractivity contribution in [1.29, 1.82) is 0 Å². The number of halogens is 3. The highest BCUT2D eigenvalue weighted by molar-refractivity contribution is 5.64. The van der Waals surface area contributed by atoms with Crippen LogP contribution in [0, 0.1) is 0 Å². The van der Waals surface area contributed by atoms with Crippen molar-refractivity contribution < 1.29 is 23.1 Å². The van der Waals surface area contributed by atoms with Gasteiger partial charge in [0, 0.05) is 12.1 Å². The van der Waals surface area contributed by atoms with E-state index in [0.717, 1.165) is 0 Å². The minimum atomic E-state index is -4.18.